The number of hydrogen-bond acceptors (Lipinski definition) is 5. The van der Waals surface area contributed by atoms with Crippen LogP contribution in [0.5, 0.6) is 0 Å². The van der Waals surface area contributed by atoms with Crippen LogP contribution in [-0.2, 0) is 14.3 Å². The number of ether oxygens (including phenoxy) is 1. The zero-order valence-electron chi connectivity index (χ0n) is 49.2. The lowest BCUT2D eigenvalue weighted by Gasteiger charge is -2.22. The van der Waals surface area contributed by atoms with Gasteiger partial charge in [-0.05, 0) is 25.7 Å². The predicted octanol–water partition coefficient (Wildman–Crippen LogP) is 21.0. The van der Waals surface area contributed by atoms with E-state index in [-0.39, 0.29) is 18.5 Å². The highest BCUT2D eigenvalue weighted by atomic mass is 16.5. The van der Waals surface area contributed by atoms with Crippen molar-refractivity contribution in [2.75, 3.05) is 13.2 Å². The van der Waals surface area contributed by atoms with Crippen LogP contribution in [0.4, 0.5) is 0 Å². The maximum atomic E-state index is 12.5. The number of nitrogens with one attached hydrogen (secondary N) is 1. The SMILES string of the molecule is CCCCCCCCCCCCCCCCC(O)C(CO)NC(=O)CCCCCCCCCCCCCCCCCCCCCCCCCCCCCCCOC(=O)CCCCCCCCCCCCCC. The van der Waals surface area contributed by atoms with Gasteiger partial charge < -0.3 is 20.3 Å². The average molecular weight is 1020 g/mol. The fourth-order valence-corrected chi connectivity index (χ4v) is 10.8. The van der Waals surface area contributed by atoms with Crippen molar-refractivity contribution in [1.29, 1.82) is 0 Å². The van der Waals surface area contributed by atoms with Gasteiger partial charge in [-0.25, -0.2) is 0 Å². The molecule has 0 saturated carbocycles. The second-order valence-electron chi connectivity index (χ2n) is 23.2. The molecule has 0 fully saturated rings. The molecule has 0 radical (unpaired) electrons. The Morgan fingerprint density at radius 1 is 0.333 bits per heavy atom. The Morgan fingerprint density at radius 2 is 0.569 bits per heavy atom. The summed E-state index contributed by atoms with van der Waals surface area (Å²) in [5.41, 5.74) is 0. The van der Waals surface area contributed by atoms with Crippen molar-refractivity contribution in [2.24, 2.45) is 0 Å². The summed E-state index contributed by atoms with van der Waals surface area (Å²) in [4.78, 5) is 24.5. The van der Waals surface area contributed by atoms with Gasteiger partial charge >= 0.3 is 5.97 Å². The van der Waals surface area contributed by atoms with E-state index in [4.69, 9.17) is 4.74 Å². The van der Waals surface area contributed by atoms with E-state index < -0.39 is 12.1 Å². The Bertz CT molecular complexity index is 1040. The van der Waals surface area contributed by atoms with E-state index in [2.05, 4.69) is 19.2 Å². The number of hydrogen-bond donors (Lipinski definition) is 3. The molecule has 0 aromatic rings. The molecule has 0 bridgehead atoms. The molecule has 0 aliphatic carbocycles. The van der Waals surface area contributed by atoms with Crippen LogP contribution in [0.1, 0.15) is 386 Å². The van der Waals surface area contributed by atoms with E-state index >= 15 is 0 Å². The fourth-order valence-electron chi connectivity index (χ4n) is 10.8. The second kappa shape index (κ2) is 62.4. The number of unbranched alkanes of at least 4 members (excludes halogenated alkanes) is 52. The minimum atomic E-state index is -0.660. The Hall–Kier alpha value is -1.14. The molecule has 6 nitrogen and oxygen atoms in total. The number of amides is 1. The largest absolute Gasteiger partial charge is 0.466 e. The maximum Gasteiger partial charge on any atom is 0.305 e. The lowest BCUT2D eigenvalue weighted by Crippen LogP contribution is -2.45. The van der Waals surface area contributed by atoms with Crippen molar-refractivity contribution in [2.45, 2.75) is 398 Å². The molecule has 2 atom stereocenters. The van der Waals surface area contributed by atoms with Crippen molar-refractivity contribution < 1.29 is 24.5 Å². The van der Waals surface area contributed by atoms with Crippen molar-refractivity contribution in [3.8, 4) is 0 Å². The Kier molecular flexibility index (Phi) is 61.4. The third-order valence-electron chi connectivity index (χ3n) is 15.9. The van der Waals surface area contributed by atoms with Gasteiger partial charge in [0.05, 0.1) is 25.4 Å². The number of aliphatic hydroxyl groups excluding tert-OH is 2. The van der Waals surface area contributed by atoms with E-state index in [0.717, 1.165) is 38.5 Å². The third kappa shape index (κ3) is 58.1. The topological polar surface area (TPSA) is 95.9 Å². The molecule has 1 amide bonds. The Morgan fingerprint density at radius 3 is 0.847 bits per heavy atom. The molecule has 3 N–H and O–H groups in total. The maximum absolute atomic E-state index is 12.5. The van der Waals surface area contributed by atoms with Gasteiger partial charge in [0.1, 0.15) is 0 Å². The lowest BCUT2D eigenvalue weighted by molar-refractivity contribution is -0.143. The summed E-state index contributed by atoms with van der Waals surface area (Å²) in [6.07, 6.45) is 74.3. The highest BCUT2D eigenvalue weighted by Crippen LogP contribution is 2.19. The number of aliphatic hydroxyl groups is 2. The molecule has 0 aromatic heterocycles. The summed E-state index contributed by atoms with van der Waals surface area (Å²) >= 11 is 0. The molecule has 0 aliphatic rings. The van der Waals surface area contributed by atoms with Gasteiger partial charge in [0, 0.05) is 12.8 Å². The summed E-state index contributed by atoms with van der Waals surface area (Å²) in [5.74, 6) is -0.00727. The molecule has 0 aromatic carbocycles. The number of esters is 1. The smallest absolute Gasteiger partial charge is 0.305 e. The summed E-state index contributed by atoms with van der Waals surface area (Å²) < 4.78 is 5.48. The van der Waals surface area contributed by atoms with E-state index in [1.165, 1.54) is 315 Å². The molecule has 430 valence electrons. The van der Waals surface area contributed by atoms with Gasteiger partial charge in [-0.1, -0.05) is 348 Å². The lowest BCUT2D eigenvalue weighted by atomic mass is 10.0. The minimum Gasteiger partial charge on any atom is -0.466 e. The van der Waals surface area contributed by atoms with Crippen LogP contribution in [0, 0.1) is 0 Å². The molecule has 72 heavy (non-hydrogen) atoms. The first-order valence-corrected chi connectivity index (χ1v) is 33.3. The molecule has 0 saturated heterocycles. The zero-order valence-corrected chi connectivity index (χ0v) is 49.2. The Balaban J connectivity index is 3.31. The van der Waals surface area contributed by atoms with Crippen LogP contribution in [0.25, 0.3) is 0 Å². The van der Waals surface area contributed by atoms with Gasteiger partial charge in [-0.15, -0.1) is 0 Å². The van der Waals surface area contributed by atoms with Crippen LogP contribution in [0.3, 0.4) is 0 Å². The highest BCUT2D eigenvalue weighted by molar-refractivity contribution is 5.76. The molecule has 0 aliphatic heterocycles. The molecule has 2 unspecified atom stereocenters. The van der Waals surface area contributed by atoms with Crippen LogP contribution >= 0.6 is 0 Å². The average Bonchev–Trinajstić information content (AvgIpc) is 3.38. The number of rotatable bonds is 63. The number of carbonyl (C=O) groups is 2. The van der Waals surface area contributed by atoms with Crippen molar-refractivity contribution >= 4 is 11.9 Å². The highest BCUT2D eigenvalue weighted by Gasteiger charge is 2.20. The monoisotopic (exact) mass is 1020 g/mol. The Labute approximate surface area is 451 Å². The molecule has 6 heteroatoms. The minimum absolute atomic E-state index is 0.0211. The third-order valence-corrected chi connectivity index (χ3v) is 15.9. The predicted molar refractivity (Wildman–Crippen MR) is 315 cm³/mol. The first-order valence-electron chi connectivity index (χ1n) is 33.3. The normalized spacial score (nSPS) is 12.4. The van der Waals surface area contributed by atoms with Crippen LogP contribution in [0.15, 0.2) is 0 Å². The van der Waals surface area contributed by atoms with Crippen LogP contribution in [0.2, 0.25) is 0 Å². The van der Waals surface area contributed by atoms with Crippen LogP contribution in [-0.4, -0.2) is 47.4 Å². The first-order chi connectivity index (χ1) is 35.5. The van der Waals surface area contributed by atoms with Gasteiger partial charge in [0.25, 0.3) is 0 Å². The molecule has 0 rings (SSSR count). The van der Waals surface area contributed by atoms with Crippen LogP contribution < -0.4 is 5.32 Å². The summed E-state index contributed by atoms with van der Waals surface area (Å²) in [7, 11) is 0. The molecular weight excluding hydrogens is 887 g/mol. The molecule has 0 heterocycles. The van der Waals surface area contributed by atoms with Crippen molar-refractivity contribution in [3.05, 3.63) is 0 Å². The van der Waals surface area contributed by atoms with Gasteiger partial charge in [-0.3, -0.25) is 9.59 Å². The molecule has 0 spiro atoms. The summed E-state index contributed by atoms with van der Waals surface area (Å²) in [6.45, 7) is 4.99. The second-order valence-corrected chi connectivity index (χ2v) is 23.2. The zero-order chi connectivity index (χ0) is 52.2. The van der Waals surface area contributed by atoms with Gasteiger partial charge in [0.15, 0.2) is 0 Å². The van der Waals surface area contributed by atoms with E-state index in [9.17, 15) is 19.8 Å². The quantitative estimate of drug-likeness (QED) is 0.0417. The number of carbonyl (C=O) groups excluding carboxylic acids is 2. The summed E-state index contributed by atoms with van der Waals surface area (Å²) in [6, 6.07) is -0.537. The van der Waals surface area contributed by atoms with Gasteiger partial charge in [0.2, 0.25) is 5.91 Å². The van der Waals surface area contributed by atoms with E-state index in [0.29, 0.717) is 25.9 Å². The van der Waals surface area contributed by atoms with Gasteiger partial charge in [-0.2, -0.15) is 0 Å². The van der Waals surface area contributed by atoms with Crippen molar-refractivity contribution in [1.82, 2.24) is 5.32 Å². The van der Waals surface area contributed by atoms with E-state index in [1.54, 1.807) is 0 Å². The van der Waals surface area contributed by atoms with Crippen molar-refractivity contribution in [3.63, 3.8) is 0 Å². The fraction of sp³-hybridized carbons (Fsp3) is 0.970. The standard InChI is InChI=1S/C66H131NO5/c1-3-5-7-9-11-13-15-17-35-38-42-46-50-54-58-64(69)63(62-68)67-65(70)59-55-51-47-43-39-36-33-31-29-27-25-23-21-19-18-20-22-24-26-28-30-32-34-37-41-45-49-53-57-61-72-66(71)60-56-52-48-44-40-16-14-12-10-8-6-4-2/h63-64,68-69H,3-62H2,1-2H3,(H,67,70). The molecular formula is C66H131NO5. The summed E-state index contributed by atoms with van der Waals surface area (Å²) in [5, 5.41) is 23.3. The van der Waals surface area contributed by atoms with E-state index in [1.807, 2.05) is 0 Å². The first kappa shape index (κ1) is 70.9.